The van der Waals surface area contributed by atoms with Gasteiger partial charge in [-0.2, -0.15) is 13.2 Å². The van der Waals surface area contributed by atoms with Crippen LogP contribution in [0.2, 0.25) is 0 Å². The van der Waals surface area contributed by atoms with E-state index in [1.807, 2.05) is 6.07 Å². The van der Waals surface area contributed by atoms with Crippen LogP contribution in [0, 0.1) is 0 Å². The number of nitrogens with zero attached hydrogens (tertiary/aromatic N) is 4. The van der Waals surface area contributed by atoms with Gasteiger partial charge in [-0.1, -0.05) is 18.2 Å². The molecule has 1 aliphatic carbocycles. The summed E-state index contributed by atoms with van der Waals surface area (Å²) in [5.41, 5.74) is 0.0273. The van der Waals surface area contributed by atoms with Gasteiger partial charge in [-0.25, -0.2) is 19.9 Å². The topological polar surface area (TPSA) is 92.7 Å². The van der Waals surface area contributed by atoms with Gasteiger partial charge in [-0.15, -0.1) is 0 Å². The smallest absolute Gasteiger partial charge is 0.364 e. The van der Waals surface area contributed by atoms with E-state index in [4.69, 9.17) is 0 Å². The number of benzene rings is 1. The molecule has 1 aliphatic rings. The summed E-state index contributed by atoms with van der Waals surface area (Å²) in [5.74, 6) is 0.423. The largest absolute Gasteiger partial charge is 0.434 e. The van der Waals surface area contributed by atoms with Crippen molar-refractivity contribution in [3.05, 3.63) is 66.4 Å². The average Bonchev–Trinajstić information content (AvgIpc) is 3.20. The monoisotopic (exact) mass is 428 g/mol. The van der Waals surface area contributed by atoms with Gasteiger partial charge < -0.3 is 10.6 Å². The molecule has 0 bridgehead atoms. The molecule has 0 saturated heterocycles. The molecule has 4 rings (SSSR count). The third-order valence-corrected chi connectivity index (χ3v) is 5.09. The maximum Gasteiger partial charge on any atom is 0.434 e. The molecule has 1 amide bonds. The maximum absolute atomic E-state index is 13.0. The summed E-state index contributed by atoms with van der Waals surface area (Å²) >= 11 is 0. The molecule has 31 heavy (non-hydrogen) atoms. The van der Waals surface area contributed by atoms with E-state index >= 15 is 0 Å². The summed E-state index contributed by atoms with van der Waals surface area (Å²) in [4.78, 5) is 28.7. The Kier molecular flexibility index (Phi) is 5.79. The van der Waals surface area contributed by atoms with Crippen LogP contribution < -0.4 is 10.6 Å². The highest BCUT2D eigenvalue weighted by molar-refractivity contribution is 6.00. The Morgan fingerprint density at radius 2 is 1.68 bits per heavy atom. The van der Waals surface area contributed by atoms with Crippen LogP contribution in [-0.4, -0.2) is 37.9 Å². The molecular formula is C21H19F3N6O. The highest BCUT2D eigenvalue weighted by atomic mass is 19.4. The minimum absolute atomic E-state index is 0.171. The maximum atomic E-state index is 13.0. The molecule has 1 aromatic carbocycles. The zero-order valence-electron chi connectivity index (χ0n) is 16.3. The highest BCUT2D eigenvalue weighted by Gasteiger charge is 2.33. The summed E-state index contributed by atoms with van der Waals surface area (Å²) in [6.45, 7) is 0. The van der Waals surface area contributed by atoms with Crippen molar-refractivity contribution in [1.29, 1.82) is 0 Å². The van der Waals surface area contributed by atoms with Crippen LogP contribution in [0.25, 0.3) is 11.4 Å². The van der Waals surface area contributed by atoms with Gasteiger partial charge in [-0.3, -0.25) is 4.79 Å². The van der Waals surface area contributed by atoms with E-state index in [1.54, 1.807) is 36.7 Å². The zero-order chi connectivity index (χ0) is 21.8. The van der Waals surface area contributed by atoms with Crippen molar-refractivity contribution in [1.82, 2.24) is 25.3 Å². The van der Waals surface area contributed by atoms with Crippen molar-refractivity contribution in [2.45, 2.75) is 37.5 Å². The lowest BCUT2D eigenvalue weighted by molar-refractivity contribution is -0.141. The Hall–Kier alpha value is -3.56. The summed E-state index contributed by atoms with van der Waals surface area (Å²) in [5, 5.41) is 6.12. The van der Waals surface area contributed by atoms with Crippen LogP contribution in [0.5, 0.6) is 0 Å². The molecule has 1 fully saturated rings. The van der Waals surface area contributed by atoms with E-state index in [9.17, 15) is 18.0 Å². The second-order valence-corrected chi connectivity index (χ2v) is 7.16. The van der Waals surface area contributed by atoms with Gasteiger partial charge in [0.25, 0.3) is 5.91 Å². The van der Waals surface area contributed by atoms with E-state index in [0.717, 1.165) is 25.5 Å². The molecule has 1 saturated carbocycles. The molecule has 2 heterocycles. The number of rotatable bonds is 5. The fourth-order valence-corrected chi connectivity index (χ4v) is 3.60. The number of hydrogen-bond donors (Lipinski definition) is 2. The van der Waals surface area contributed by atoms with Crippen molar-refractivity contribution in [3.8, 4) is 11.4 Å². The van der Waals surface area contributed by atoms with Crippen LogP contribution >= 0.6 is 0 Å². The van der Waals surface area contributed by atoms with Crippen LogP contribution in [0.4, 0.5) is 19.0 Å². The number of anilines is 1. The Morgan fingerprint density at radius 1 is 0.935 bits per heavy atom. The highest BCUT2D eigenvalue weighted by Crippen LogP contribution is 2.28. The van der Waals surface area contributed by atoms with Crippen molar-refractivity contribution in [2.75, 3.05) is 5.32 Å². The van der Waals surface area contributed by atoms with Gasteiger partial charge in [0.1, 0.15) is 5.82 Å². The standard InChI is InChI=1S/C21H19F3N6O/c22-21(23,24)17-11-28-18(12-27-17)29-15-7-3-8-16(15)30-20(31)14-6-2-1-5-13(14)19-25-9-4-10-26-19/h1-2,4-6,9-12,15-16H,3,7-8H2,(H,28,29)(H,30,31)/t15-,16-/m0/s1. The number of hydrogen-bond acceptors (Lipinski definition) is 6. The van der Waals surface area contributed by atoms with E-state index in [0.29, 0.717) is 23.1 Å². The average molecular weight is 428 g/mol. The summed E-state index contributed by atoms with van der Waals surface area (Å²) in [6, 6.07) is 8.39. The van der Waals surface area contributed by atoms with E-state index < -0.39 is 11.9 Å². The first-order chi connectivity index (χ1) is 14.9. The zero-order valence-corrected chi connectivity index (χ0v) is 16.3. The van der Waals surface area contributed by atoms with E-state index in [1.165, 1.54) is 0 Å². The normalized spacial score (nSPS) is 18.5. The van der Waals surface area contributed by atoms with Crippen molar-refractivity contribution >= 4 is 11.7 Å². The predicted octanol–water partition coefficient (Wildman–Crippen LogP) is 3.72. The summed E-state index contributed by atoms with van der Waals surface area (Å²) < 4.78 is 38.0. The third kappa shape index (κ3) is 4.79. The predicted molar refractivity (Wildman–Crippen MR) is 107 cm³/mol. The van der Waals surface area contributed by atoms with Gasteiger partial charge in [0.05, 0.1) is 18.0 Å². The Labute approximate surface area is 176 Å². The molecule has 2 atom stereocenters. The molecule has 0 aliphatic heterocycles. The number of alkyl halides is 3. The number of carbonyl (C=O) groups is 1. The second kappa shape index (κ2) is 8.66. The van der Waals surface area contributed by atoms with Crippen LogP contribution in [0.1, 0.15) is 35.3 Å². The summed E-state index contributed by atoms with van der Waals surface area (Å²) in [7, 11) is 0. The Balaban J connectivity index is 1.47. The first-order valence-electron chi connectivity index (χ1n) is 9.75. The number of carbonyl (C=O) groups excluding carboxylic acids is 1. The van der Waals surface area contributed by atoms with E-state index in [-0.39, 0.29) is 23.8 Å². The summed E-state index contributed by atoms with van der Waals surface area (Å²) in [6.07, 6.45) is 2.78. The lowest BCUT2D eigenvalue weighted by Gasteiger charge is -2.23. The molecule has 0 unspecified atom stereocenters. The molecule has 160 valence electrons. The van der Waals surface area contributed by atoms with Crippen molar-refractivity contribution in [3.63, 3.8) is 0 Å². The molecule has 0 radical (unpaired) electrons. The first-order valence-corrected chi connectivity index (χ1v) is 9.75. The van der Waals surface area contributed by atoms with Crippen LogP contribution in [0.15, 0.2) is 55.1 Å². The van der Waals surface area contributed by atoms with Crippen LogP contribution in [0.3, 0.4) is 0 Å². The molecular weight excluding hydrogens is 409 g/mol. The number of aromatic nitrogens is 4. The first kappa shape index (κ1) is 20.7. The fourth-order valence-electron chi connectivity index (χ4n) is 3.60. The lowest BCUT2D eigenvalue weighted by atomic mass is 10.0. The molecule has 0 spiro atoms. The SMILES string of the molecule is O=C(N[C@H]1CCC[C@@H]1Nc1cnc(C(F)(F)F)cn1)c1ccccc1-c1ncccn1. The molecule has 3 aromatic rings. The van der Waals surface area contributed by atoms with Gasteiger partial charge in [0.15, 0.2) is 11.5 Å². The van der Waals surface area contributed by atoms with Gasteiger partial charge in [0, 0.05) is 30.0 Å². The van der Waals surface area contributed by atoms with E-state index in [2.05, 4.69) is 30.6 Å². The quantitative estimate of drug-likeness (QED) is 0.644. The Bertz CT molecular complexity index is 1040. The van der Waals surface area contributed by atoms with Gasteiger partial charge >= 0.3 is 6.18 Å². The second-order valence-electron chi connectivity index (χ2n) is 7.16. The Morgan fingerprint density at radius 3 is 2.39 bits per heavy atom. The fraction of sp³-hybridized carbons (Fsp3) is 0.286. The molecule has 7 nitrogen and oxygen atoms in total. The third-order valence-electron chi connectivity index (χ3n) is 5.09. The van der Waals surface area contributed by atoms with Gasteiger partial charge in [0.2, 0.25) is 0 Å². The van der Waals surface area contributed by atoms with Crippen LogP contribution in [-0.2, 0) is 6.18 Å². The minimum atomic E-state index is -4.54. The molecule has 2 aromatic heterocycles. The number of nitrogens with one attached hydrogen (secondary N) is 2. The number of amides is 1. The van der Waals surface area contributed by atoms with Crippen molar-refractivity contribution in [2.24, 2.45) is 0 Å². The lowest BCUT2D eigenvalue weighted by Crippen LogP contribution is -2.43. The molecule has 10 heteroatoms. The van der Waals surface area contributed by atoms with Crippen molar-refractivity contribution < 1.29 is 18.0 Å². The van der Waals surface area contributed by atoms with Gasteiger partial charge in [-0.05, 0) is 31.4 Å². The minimum Gasteiger partial charge on any atom is -0.364 e. The number of halogens is 3. The molecule has 2 N–H and O–H groups in total.